The van der Waals surface area contributed by atoms with Crippen molar-refractivity contribution in [3.63, 3.8) is 0 Å². The van der Waals surface area contributed by atoms with Crippen LogP contribution in [0.25, 0.3) is 0 Å². The third kappa shape index (κ3) is 4.42. The van der Waals surface area contributed by atoms with E-state index in [4.69, 9.17) is 4.74 Å². The molecule has 1 aromatic rings. The Balaban J connectivity index is 3.05. The molecule has 0 amide bonds. The van der Waals surface area contributed by atoms with Gasteiger partial charge in [-0.3, -0.25) is 0 Å². The lowest BCUT2D eigenvalue weighted by atomic mass is 9.84. The molecule has 2 N–H and O–H groups in total. The number of aliphatic hydroxyl groups is 1. The molecule has 21 heavy (non-hydrogen) atoms. The molecule has 0 aliphatic heterocycles. The fourth-order valence-electron chi connectivity index (χ4n) is 1.97. The molecule has 0 radical (unpaired) electrons. The number of nitrogens with one attached hydrogen (secondary N) is 1. The van der Waals surface area contributed by atoms with Gasteiger partial charge >= 0.3 is 0 Å². The second kappa shape index (κ2) is 7.58. The molecule has 0 atom stereocenters. The van der Waals surface area contributed by atoms with E-state index in [-0.39, 0.29) is 23.8 Å². The van der Waals surface area contributed by atoms with Crippen molar-refractivity contribution in [2.24, 2.45) is 5.41 Å². The second-order valence-electron chi connectivity index (χ2n) is 4.98. The van der Waals surface area contributed by atoms with Gasteiger partial charge in [-0.2, -0.15) is 0 Å². The van der Waals surface area contributed by atoms with Crippen LogP contribution < -0.4 is 9.46 Å². The summed E-state index contributed by atoms with van der Waals surface area (Å²) in [5, 5.41) is 9.52. The Morgan fingerprint density at radius 3 is 2.43 bits per heavy atom. The largest absolute Gasteiger partial charge is 0.495 e. The summed E-state index contributed by atoms with van der Waals surface area (Å²) in [5.74, 6) is 0.285. The van der Waals surface area contributed by atoms with Gasteiger partial charge in [0.1, 0.15) is 10.6 Å². The van der Waals surface area contributed by atoms with Crippen LogP contribution in [0.1, 0.15) is 26.7 Å². The summed E-state index contributed by atoms with van der Waals surface area (Å²) in [4.78, 5) is 0.0819. The van der Waals surface area contributed by atoms with Crippen molar-refractivity contribution >= 4 is 26.0 Å². The molecular weight excluding hydrogens is 358 g/mol. The molecule has 0 aliphatic carbocycles. The number of hydrogen-bond acceptors (Lipinski definition) is 4. The first-order valence-electron chi connectivity index (χ1n) is 6.78. The van der Waals surface area contributed by atoms with Crippen molar-refractivity contribution in [1.29, 1.82) is 0 Å². The minimum absolute atomic E-state index is 0.0574. The summed E-state index contributed by atoms with van der Waals surface area (Å²) in [5.41, 5.74) is -0.438. The normalized spacial score (nSPS) is 12.4. The molecule has 0 unspecified atom stereocenters. The first kappa shape index (κ1) is 18.4. The summed E-state index contributed by atoms with van der Waals surface area (Å²) in [6.45, 7) is 4.01. The van der Waals surface area contributed by atoms with E-state index in [0.717, 1.165) is 0 Å². The highest BCUT2D eigenvalue weighted by molar-refractivity contribution is 9.10. The average Bonchev–Trinajstić information content (AvgIpc) is 2.49. The maximum atomic E-state index is 12.5. The van der Waals surface area contributed by atoms with Gasteiger partial charge in [-0.1, -0.05) is 29.8 Å². The lowest BCUT2D eigenvalue weighted by Gasteiger charge is -2.29. The van der Waals surface area contributed by atoms with Crippen LogP contribution in [-0.2, 0) is 10.0 Å². The maximum Gasteiger partial charge on any atom is 0.244 e. The van der Waals surface area contributed by atoms with Crippen LogP contribution in [0.3, 0.4) is 0 Å². The minimum Gasteiger partial charge on any atom is -0.495 e. The molecular formula is C14H22BrNO4S. The zero-order valence-electron chi connectivity index (χ0n) is 12.5. The number of hydrogen-bond donors (Lipinski definition) is 2. The predicted molar refractivity (Wildman–Crippen MR) is 86.0 cm³/mol. The van der Waals surface area contributed by atoms with Crippen molar-refractivity contribution in [2.45, 2.75) is 31.6 Å². The van der Waals surface area contributed by atoms with Crippen molar-refractivity contribution in [2.75, 3.05) is 20.3 Å². The predicted octanol–water partition coefficient (Wildman–Crippen LogP) is 2.53. The Morgan fingerprint density at radius 2 is 1.95 bits per heavy atom. The smallest absolute Gasteiger partial charge is 0.244 e. The SMILES string of the molecule is CCC(CC)(CO)CNS(=O)(=O)c1cc(Br)ccc1OC. The number of aliphatic hydroxyl groups excluding tert-OH is 1. The molecule has 0 aromatic heterocycles. The van der Waals surface area contributed by atoms with Crippen LogP contribution in [0.4, 0.5) is 0 Å². The molecule has 5 nitrogen and oxygen atoms in total. The van der Waals surface area contributed by atoms with Crippen LogP contribution >= 0.6 is 15.9 Å². The molecule has 0 heterocycles. The van der Waals surface area contributed by atoms with Gasteiger partial charge in [-0.05, 0) is 31.0 Å². The van der Waals surface area contributed by atoms with E-state index in [1.807, 2.05) is 13.8 Å². The van der Waals surface area contributed by atoms with E-state index >= 15 is 0 Å². The third-order valence-electron chi connectivity index (χ3n) is 3.89. The summed E-state index contributed by atoms with van der Waals surface area (Å²) in [7, 11) is -2.28. The topological polar surface area (TPSA) is 75.6 Å². The Morgan fingerprint density at radius 1 is 1.33 bits per heavy atom. The number of methoxy groups -OCH3 is 1. The monoisotopic (exact) mass is 379 g/mol. The molecule has 120 valence electrons. The van der Waals surface area contributed by atoms with Gasteiger partial charge in [0.2, 0.25) is 10.0 Å². The first-order valence-corrected chi connectivity index (χ1v) is 9.06. The van der Waals surface area contributed by atoms with Crippen LogP contribution in [0.2, 0.25) is 0 Å². The number of sulfonamides is 1. The summed E-state index contributed by atoms with van der Waals surface area (Å²) in [6.07, 6.45) is 1.39. The summed E-state index contributed by atoms with van der Waals surface area (Å²) in [6, 6.07) is 4.81. The van der Waals surface area contributed by atoms with Crippen LogP contribution in [0.15, 0.2) is 27.6 Å². The quantitative estimate of drug-likeness (QED) is 0.727. The summed E-state index contributed by atoms with van der Waals surface area (Å²) < 4.78 is 33.3. The molecule has 0 spiro atoms. The molecule has 1 rings (SSSR count). The lowest BCUT2D eigenvalue weighted by molar-refractivity contribution is 0.119. The van der Waals surface area contributed by atoms with Gasteiger partial charge in [0.05, 0.1) is 7.11 Å². The Kier molecular flexibility index (Phi) is 6.65. The minimum atomic E-state index is -3.71. The lowest BCUT2D eigenvalue weighted by Crippen LogP contribution is -2.39. The molecule has 7 heteroatoms. The highest BCUT2D eigenvalue weighted by Crippen LogP contribution is 2.29. The molecule has 0 saturated carbocycles. The van der Waals surface area contributed by atoms with Crippen LogP contribution in [0.5, 0.6) is 5.75 Å². The van der Waals surface area contributed by atoms with Crippen molar-refractivity contribution in [1.82, 2.24) is 4.72 Å². The van der Waals surface area contributed by atoms with Crippen molar-refractivity contribution < 1.29 is 18.3 Å². The van der Waals surface area contributed by atoms with Gasteiger partial charge in [-0.15, -0.1) is 0 Å². The standard InChI is InChI=1S/C14H22BrNO4S/c1-4-14(5-2,10-17)9-16-21(18,19)13-8-11(15)6-7-12(13)20-3/h6-8,16-17H,4-5,9-10H2,1-3H3. The van der Waals surface area contributed by atoms with E-state index in [1.54, 1.807) is 12.1 Å². The zero-order valence-corrected chi connectivity index (χ0v) is 14.9. The van der Waals surface area contributed by atoms with E-state index in [9.17, 15) is 13.5 Å². The zero-order chi connectivity index (χ0) is 16.1. The van der Waals surface area contributed by atoms with Gasteiger partial charge in [0, 0.05) is 23.0 Å². The highest BCUT2D eigenvalue weighted by Gasteiger charge is 2.29. The third-order valence-corrected chi connectivity index (χ3v) is 5.80. The van der Waals surface area contributed by atoms with Crippen LogP contribution in [0, 0.1) is 5.41 Å². The van der Waals surface area contributed by atoms with Crippen molar-refractivity contribution in [3.05, 3.63) is 22.7 Å². The van der Waals surface area contributed by atoms with E-state index in [2.05, 4.69) is 20.7 Å². The van der Waals surface area contributed by atoms with Crippen LogP contribution in [-0.4, -0.2) is 33.8 Å². The average molecular weight is 380 g/mol. The Bertz CT molecular complexity index is 562. The van der Waals surface area contributed by atoms with Gasteiger partial charge in [0.15, 0.2) is 0 Å². The van der Waals surface area contributed by atoms with Gasteiger partial charge < -0.3 is 9.84 Å². The van der Waals surface area contributed by atoms with E-state index < -0.39 is 15.4 Å². The van der Waals surface area contributed by atoms with E-state index in [0.29, 0.717) is 17.3 Å². The van der Waals surface area contributed by atoms with Crippen molar-refractivity contribution in [3.8, 4) is 5.75 Å². The molecule has 0 fully saturated rings. The number of benzene rings is 1. The number of ether oxygens (including phenoxy) is 1. The number of halogens is 1. The second-order valence-corrected chi connectivity index (χ2v) is 7.64. The fraction of sp³-hybridized carbons (Fsp3) is 0.571. The number of rotatable bonds is 8. The Hall–Kier alpha value is -0.630. The van der Waals surface area contributed by atoms with E-state index in [1.165, 1.54) is 13.2 Å². The first-order chi connectivity index (χ1) is 9.84. The molecule has 0 bridgehead atoms. The van der Waals surface area contributed by atoms with Gasteiger partial charge in [-0.25, -0.2) is 13.1 Å². The molecule has 0 aliphatic rings. The maximum absolute atomic E-state index is 12.5. The van der Waals surface area contributed by atoms with Gasteiger partial charge in [0.25, 0.3) is 0 Å². The highest BCUT2D eigenvalue weighted by atomic mass is 79.9. The summed E-state index contributed by atoms with van der Waals surface area (Å²) >= 11 is 3.26. The molecule has 1 aromatic carbocycles. The Labute approximate surface area is 134 Å². The fourth-order valence-corrected chi connectivity index (χ4v) is 3.83. The molecule has 0 saturated heterocycles.